The minimum atomic E-state index is -0.210. The smallest absolute Gasteiger partial charge is 0.302 e. The zero-order chi connectivity index (χ0) is 20.7. The van der Waals surface area contributed by atoms with Crippen LogP contribution in [-0.2, 0) is 22.4 Å². The molecular formula is C24H32O4. The maximum Gasteiger partial charge on any atom is 0.302 e. The Morgan fingerprint density at radius 2 is 1.39 bits per heavy atom. The summed E-state index contributed by atoms with van der Waals surface area (Å²) >= 11 is 0. The second kappa shape index (κ2) is 10.2. The summed E-state index contributed by atoms with van der Waals surface area (Å²) in [6.45, 7) is 8.20. The minimum absolute atomic E-state index is 0.210. The van der Waals surface area contributed by atoms with Crippen molar-refractivity contribution in [3.05, 3.63) is 57.6 Å². The summed E-state index contributed by atoms with van der Waals surface area (Å²) in [7, 11) is 3.46. The number of unbranched alkanes of at least 4 members (excludes halogenated alkanes) is 1. The van der Waals surface area contributed by atoms with Crippen LogP contribution in [0, 0.1) is 20.8 Å². The van der Waals surface area contributed by atoms with Gasteiger partial charge in [0.05, 0.1) is 20.8 Å². The van der Waals surface area contributed by atoms with Crippen LogP contribution < -0.4 is 9.47 Å². The summed E-state index contributed by atoms with van der Waals surface area (Å²) in [5, 5.41) is 0. The number of esters is 1. The second-order valence-electron chi connectivity index (χ2n) is 7.21. The van der Waals surface area contributed by atoms with Gasteiger partial charge in [-0.05, 0) is 67.9 Å². The first-order valence-electron chi connectivity index (χ1n) is 9.80. The third kappa shape index (κ3) is 5.28. The average Bonchev–Trinajstić information content (AvgIpc) is 2.67. The highest BCUT2D eigenvalue weighted by Gasteiger charge is 2.18. The molecule has 0 atom stereocenters. The predicted molar refractivity (Wildman–Crippen MR) is 113 cm³/mol. The number of carbonyl (C=O) groups is 1. The monoisotopic (exact) mass is 384 g/mol. The molecule has 0 N–H and O–H groups in total. The largest absolute Gasteiger partial charge is 0.496 e. The molecule has 4 nitrogen and oxygen atoms in total. The van der Waals surface area contributed by atoms with E-state index in [4.69, 9.17) is 14.2 Å². The molecule has 4 heteroatoms. The lowest BCUT2D eigenvalue weighted by Crippen LogP contribution is -2.04. The van der Waals surface area contributed by atoms with Crippen LogP contribution in [0.4, 0.5) is 0 Å². The maximum atomic E-state index is 10.8. The van der Waals surface area contributed by atoms with Crippen molar-refractivity contribution < 1.29 is 19.0 Å². The van der Waals surface area contributed by atoms with Crippen LogP contribution >= 0.6 is 0 Å². The van der Waals surface area contributed by atoms with Gasteiger partial charge in [0.2, 0.25) is 0 Å². The van der Waals surface area contributed by atoms with E-state index in [1.54, 1.807) is 14.2 Å². The van der Waals surface area contributed by atoms with Crippen LogP contribution in [0.25, 0.3) is 0 Å². The summed E-state index contributed by atoms with van der Waals surface area (Å²) in [6.07, 6.45) is 3.69. The van der Waals surface area contributed by atoms with E-state index < -0.39 is 0 Å². The number of methoxy groups -OCH3 is 2. The Morgan fingerprint density at radius 3 is 1.96 bits per heavy atom. The number of aryl methyl sites for hydroxylation is 1. The van der Waals surface area contributed by atoms with Gasteiger partial charge in [-0.2, -0.15) is 0 Å². The fourth-order valence-corrected chi connectivity index (χ4v) is 3.63. The van der Waals surface area contributed by atoms with Gasteiger partial charge in [0.15, 0.2) is 0 Å². The van der Waals surface area contributed by atoms with Crippen LogP contribution in [0.15, 0.2) is 24.3 Å². The normalized spacial score (nSPS) is 10.6. The summed E-state index contributed by atoms with van der Waals surface area (Å²) in [5.74, 6) is 1.68. The van der Waals surface area contributed by atoms with Gasteiger partial charge in [-0.1, -0.05) is 24.3 Å². The van der Waals surface area contributed by atoms with E-state index in [1.165, 1.54) is 23.6 Å². The van der Waals surface area contributed by atoms with Crippen molar-refractivity contribution in [2.24, 2.45) is 0 Å². The molecule has 0 radical (unpaired) electrons. The Labute approximate surface area is 168 Å². The van der Waals surface area contributed by atoms with E-state index >= 15 is 0 Å². The average molecular weight is 385 g/mol. The van der Waals surface area contributed by atoms with E-state index in [1.807, 2.05) is 0 Å². The zero-order valence-corrected chi connectivity index (χ0v) is 18.0. The Kier molecular flexibility index (Phi) is 7.91. The first-order chi connectivity index (χ1) is 13.4. The number of rotatable bonds is 9. The van der Waals surface area contributed by atoms with Crippen molar-refractivity contribution in [3.8, 4) is 11.5 Å². The van der Waals surface area contributed by atoms with Crippen molar-refractivity contribution in [3.63, 3.8) is 0 Å². The molecule has 0 amide bonds. The third-order valence-electron chi connectivity index (χ3n) is 5.29. The Bertz CT molecular complexity index is 807. The van der Waals surface area contributed by atoms with Crippen molar-refractivity contribution >= 4 is 5.97 Å². The summed E-state index contributed by atoms with van der Waals surface area (Å²) in [6, 6.07) is 8.73. The van der Waals surface area contributed by atoms with Crippen molar-refractivity contribution in [1.82, 2.24) is 0 Å². The van der Waals surface area contributed by atoms with Gasteiger partial charge in [0.25, 0.3) is 0 Å². The predicted octanol–water partition coefficient (Wildman–Crippen LogP) is 5.11. The topological polar surface area (TPSA) is 44.8 Å². The molecule has 0 aromatic heterocycles. The molecule has 0 fully saturated rings. The zero-order valence-electron chi connectivity index (χ0n) is 18.0. The summed E-state index contributed by atoms with van der Waals surface area (Å²) in [4.78, 5) is 10.8. The molecule has 0 aliphatic rings. The standard InChI is InChI=1S/C24H32O4/c1-16-17(2)24(27-6)22(18(3)23(16)26-5)15-21-12-10-20(11-13-21)9-7-8-14-28-19(4)25/h10-13H,7-9,14-15H2,1-6H3. The second-order valence-corrected chi connectivity index (χ2v) is 7.21. The molecule has 152 valence electrons. The van der Waals surface area contributed by atoms with Crippen LogP contribution in [-0.4, -0.2) is 26.8 Å². The molecule has 0 spiro atoms. The van der Waals surface area contributed by atoms with E-state index in [0.717, 1.165) is 53.9 Å². The van der Waals surface area contributed by atoms with Gasteiger partial charge < -0.3 is 14.2 Å². The van der Waals surface area contributed by atoms with Crippen molar-refractivity contribution in [2.75, 3.05) is 20.8 Å². The molecule has 2 aromatic rings. The Balaban J connectivity index is 2.10. The molecule has 0 saturated carbocycles. The first kappa shape index (κ1) is 21.8. The summed E-state index contributed by atoms with van der Waals surface area (Å²) < 4.78 is 16.4. The first-order valence-corrected chi connectivity index (χ1v) is 9.80. The molecule has 0 bridgehead atoms. The lowest BCUT2D eigenvalue weighted by molar-refractivity contribution is -0.141. The lowest BCUT2D eigenvalue weighted by atomic mass is 9.92. The van der Waals surface area contributed by atoms with Gasteiger partial charge >= 0.3 is 5.97 Å². The molecule has 28 heavy (non-hydrogen) atoms. The Hall–Kier alpha value is -2.49. The SMILES string of the molecule is COc1c(C)c(C)c(OC)c(Cc2ccc(CCCCOC(C)=O)cc2)c1C. The molecular weight excluding hydrogens is 352 g/mol. The highest BCUT2D eigenvalue weighted by molar-refractivity contribution is 5.65. The maximum absolute atomic E-state index is 10.8. The minimum Gasteiger partial charge on any atom is -0.496 e. The lowest BCUT2D eigenvalue weighted by Gasteiger charge is -2.20. The number of benzene rings is 2. The molecule has 2 rings (SSSR count). The van der Waals surface area contributed by atoms with Crippen LogP contribution in [0.5, 0.6) is 11.5 Å². The summed E-state index contributed by atoms with van der Waals surface area (Å²) in [5.41, 5.74) is 7.12. The van der Waals surface area contributed by atoms with Gasteiger partial charge in [0.1, 0.15) is 11.5 Å². The van der Waals surface area contributed by atoms with Crippen LogP contribution in [0.1, 0.15) is 53.1 Å². The van der Waals surface area contributed by atoms with Gasteiger partial charge in [-0.25, -0.2) is 0 Å². The van der Waals surface area contributed by atoms with Crippen LogP contribution in [0.2, 0.25) is 0 Å². The van der Waals surface area contributed by atoms with Gasteiger partial charge in [-0.15, -0.1) is 0 Å². The quantitative estimate of drug-likeness (QED) is 0.445. The highest BCUT2D eigenvalue weighted by atomic mass is 16.5. The number of hydrogen-bond donors (Lipinski definition) is 0. The third-order valence-corrected chi connectivity index (χ3v) is 5.29. The van der Waals surface area contributed by atoms with Gasteiger partial charge in [-0.3, -0.25) is 4.79 Å². The number of ether oxygens (including phenoxy) is 3. The molecule has 2 aromatic carbocycles. The molecule has 0 saturated heterocycles. The van der Waals surface area contributed by atoms with Crippen LogP contribution in [0.3, 0.4) is 0 Å². The molecule has 0 unspecified atom stereocenters. The fourth-order valence-electron chi connectivity index (χ4n) is 3.63. The Morgan fingerprint density at radius 1 is 0.821 bits per heavy atom. The number of hydrogen-bond acceptors (Lipinski definition) is 4. The van der Waals surface area contributed by atoms with E-state index in [2.05, 4.69) is 45.0 Å². The number of carbonyl (C=O) groups excluding carboxylic acids is 1. The molecule has 0 aliphatic heterocycles. The molecule has 0 heterocycles. The van der Waals surface area contributed by atoms with Gasteiger partial charge in [0, 0.05) is 18.9 Å². The highest BCUT2D eigenvalue weighted by Crippen LogP contribution is 2.38. The van der Waals surface area contributed by atoms with Crippen molar-refractivity contribution in [2.45, 2.75) is 53.4 Å². The van der Waals surface area contributed by atoms with E-state index in [9.17, 15) is 4.79 Å². The fraction of sp³-hybridized carbons (Fsp3) is 0.458. The van der Waals surface area contributed by atoms with E-state index in [0.29, 0.717) is 6.61 Å². The van der Waals surface area contributed by atoms with Crippen molar-refractivity contribution in [1.29, 1.82) is 0 Å². The molecule has 0 aliphatic carbocycles. The van der Waals surface area contributed by atoms with E-state index in [-0.39, 0.29) is 5.97 Å².